The molecule has 2 aliphatic rings. The van der Waals surface area contributed by atoms with Gasteiger partial charge in [0.2, 0.25) is 11.8 Å². The standard InChI is InChI=1S/C13H23N3O2.CH2O2/c14-8-4-7-10-12(17)16-11(13(18)15-10)9-5-2-1-3-6-9;2-1-3/h9-11H,1-8,14H2,(H,15,18)(H,16,17);1H,(H,2,3)/t10-,11-;/m0./s1. The Balaban J connectivity index is 0.000000677. The first-order valence-electron chi connectivity index (χ1n) is 7.52. The molecule has 0 aromatic heterocycles. The van der Waals surface area contributed by atoms with E-state index in [2.05, 4.69) is 10.6 Å². The van der Waals surface area contributed by atoms with Crippen molar-refractivity contribution in [2.45, 2.75) is 57.0 Å². The molecule has 2 fully saturated rings. The molecule has 0 bridgehead atoms. The summed E-state index contributed by atoms with van der Waals surface area (Å²) in [6.45, 7) is 0.297. The van der Waals surface area contributed by atoms with Gasteiger partial charge >= 0.3 is 0 Å². The largest absolute Gasteiger partial charge is 0.483 e. The van der Waals surface area contributed by atoms with Crippen molar-refractivity contribution in [1.82, 2.24) is 10.6 Å². The molecule has 21 heavy (non-hydrogen) atoms. The molecule has 0 unspecified atom stereocenters. The highest BCUT2D eigenvalue weighted by atomic mass is 16.3. The van der Waals surface area contributed by atoms with Crippen molar-refractivity contribution in [2.75, 3.05) is 6.54 Å². The highest BCUT2D eigenvalue weighted by molar-refractivity contribution is 5.97. The van der Waals surface area contributed by atoms with Crippen molar-refractivity contribution in [3.05, 3.63) is 0 Å². The second-order valence-electron chi connectivity index (χ2n) is 5.48. The fourth-order valence-corrected chi connectivity index (χ4v) is 2.97. The maximum atomic E-state index is 12.1. The van der Waals surface area contributed by atoms with Gasteiger partial charge in [-0.15, -0.1) is 0 Å². The molecule has 120 valence electrons. The van der Waals surface area contributed by atoms with Gasteiger partial charge in [0.15, 0.2) is 0 Å². The number of amides is 2. The third kappa shape index (κ3) is 5.34. The summed E-state index contributed by atoms with van der Waals surface area (Å²) in [7, 11) is 0. The Kier molecular flexibility index (Phi) is 7.74. The van der Waals surface area contributed by atoms with Crippen LogP contribution in [0.1, 0.15) is 44.9 Å². The summed E-state index contributed by atoms with van der Waals surface area (Å²) in [6, 6.07) is -0.701. The molecule has 1 aliphatic heterocycles. The van der Waals surface area contributed by atoms with Gasteiger partial charge in [0, 0.05) is 0 Å². The lowest BCUT2D eigenvalue weighted by Gasteiger charge is -2.35. The van der Waals surface area contributed by atoms with Gasteiger partial charge in [0.1, 0.15) is 12.1 Å². The fraction of sp³-hybridized carbons (Fsp3) is 0.786. The lowest BCUT2D eigenvalue weighted by atomic mass is 9.82. The highest BCUT2D eigenvalue weighted by Crippen LogP contribution is 2.27. The van der Waals surface area contributed by atoms with Crippen LogP contribution in [0.2, 0.25) is 0 Å². The molecule has 2 amide bonds. The SMILES string of the molecule is NCCC[C@@H]1NC(=O)[C@H](C2CCCCC2)NC1=O.O=CO. The van der Waals surface area contributed by atoms with E-state index in [0.717, 1.165) is 19.3 Å². The van der Waals surface area contributed by atoms with Crippen molar-refractivity contribution < 1.29 is 19.5 Å². The summed E-state index contributed by atoms with van der Waals surface area (Å²) in [6.07, 6.45) is 7.06. The summed E-state index contributed by atoms with van der Waals surface area (Å²) in [4.78, 5) is 32.3. The van der Waals surface area contributed by atoms with Crippen LogP contribution in [-0.4, -0.2) is 42.0 Å². The minimum Gasteiger partial charge on any atom is -0.483 e. The van der Waals surface area contributed by atoms with Crippen LogP contribution < -0.4 is 16.4 Å². The monoisotopic (exact) mass is 299 g/mol. The van der Waals surface area contributed by atoms with E-state index in [9.17, 15) is 9.59 Å². The Morgan fingerprint density at radius 3 is 2.33 bits per heavy atom. The Morgan fingerprint density at radius 2 is 1.76 bits per heavy atom. The number of nitrogens with two attached hydrogens (primary N) is 1. The van der Waals surface area contributed by atoms with Crippen LogP contribution in [0.4, 0.5) is 0 Å². The van der Waals surface area contributed by atoms with Crippen molar-refractivity contribution >= 4 is 18.3 Å². The molecule has 1 aliphatic carbocycles. The van der Waals surface area contributed by atoms with E-state index < -0.39 is 0 Å². The van der Waals surface area contributed by atoms with Crippen molar-refractivity contribution in [2.24, 2.45) is 11.7 Å². The number of carboxylic acid groups (broad SMARTS) is 1. The summed E-state index contributed by atoms with van der Waals surface area (Å²) in [5.41, 5.74) is 5.43. The van der Waals surface area contributed by atoms with Gasteiger partial charge in [0.25, 0.3) is 6.47 Å². The Morgan fingerprint density at radius 1 is 1.14 bits per heavy atom. The lowest BCUT2D eigenvalue weighted by Crippen LogP contribution is -2.63. The van der Waals surface area contributed by atoms with Crippen molar-refractivity contribution in [3.63, 3.8) is 0 Å². The molecule has 2 rings (SSSR count). The maximum Gasteiger partial charge on any atom is 0.290 e. The van der Waals surface area contributed by atoms with E-state index in [1.807, 2.05) is 0 Å². The van der Waals surface area contributed by atoms with Gasteiger partial charge in [-0.2, -0.15) is 0 Å². The van der Waals surface area contributed by atoms with Gasteiger partial charge in [-0.1, -0.05) is 19.3 Å². The van der Waals surface area contributed by atoms with Crippen LogP contribution in [0.3, 0.4) is 0 Å². The Bertz CT molecular complexity index is 356. The van der Waals surface area contributed by atoms with Crippen LogP contribution in [-0.2, 0) is 14.4 Å². The smallest absolute Gasteiger partial charge is 0.290 e. The number of carbonyl (C=O) groups is 3. The first kappa shape index (κ1) is 17.4. The van der Waals surface area contributed by atoms with Crippen LogP contribution in [0.15, 0.2) is 0 Å². The fourth-order valence-electron chi connectivity index (χ4n) is 2.97. The normalized spacial score (nSPS) is 26.1. The van der Waals surface area contributed by atoms with Gasteiger partial charge < -0.3 is 21.5 Å². The second kappa shape index (κ2) is 9.33. The molecule has 5 N–H and O–H groups in total. The third-order valence-electron chi connectivity index (χ3n) is 4.03. The quantitative estimate of drug-likeness (QED) is 0.544. The van der Waals surface area contributed by atoms with Crippen LogP contribution >= 0.6 is 0 Å². The van der Waals surface area contributed by atoms with E-state index in [1.54, 1.807) is 0 Å². The summed E-state index contributed by atoms with van der Waals surface area (Å²) in [5, 5.41) is 12.6. The zero-order valence-electron chi connectivity index (χ0n) is 12.2. The van der Waals surface area contributed by atoms with E-state index in [4.69, 9.17) is 15.6 Å². The summed E-state index contributed by atoms with van der Waals surface area (Å²) >= 11 is 0. The van der Waals surface area contributed by atoms with Crippen LogP contribution in [0.5, 0.6) is 0 Å². The predicted octanol–water partition coefficient (Wildman–Crippen LogP) is -0.0104. The van der Waals surface area contributed by atoms with E-state index in [1.165, 1.54) is 19.3 Å². The number of rotatable bonds is 4. The molecule has 0 aromatic carbocycles. The second-order valence-corrected chi connectivity index (χ2v) is 5.48. The van der Waals surface area contributed by atoms with Crippen LogP contribution in [0, 0.1) is 5.92 Å². The zero-order valence-corrected chi connectivity index (χ0v) is 12.2. The topological polar surface area (TPSA) is 122 Å². The molecule has 1 heterocycles. The Hall–Kier alpha value is -1.63. The van der Waals surface area contributed by atoms with E-state index >= 15 is 0 Å². The number of hydrogen-bond donors (Lipinski definition) is 4. The number of hydrogen-bond acceptors (Lipinski definition) is 4. The first-order chi connectivity index (χ1) is 10.1. The molecular formula is C14H25N3O4. The molecule has 0 aromatic rings. The van der Waals surface area contributed by atoms with Gasteiger partial charge in [0.05, 0.1) is 0 Å². The minimum absolute atomic E-state index is 0.0106. The average molecular weight is 299 g/mol. The van der Waals surface area contributed by atoms with Gasteiger partial charge in [-0.25, -0.2) is 0 Å². The number of carbonyl (C=O) groups excluding carboxylic acids is 2. The molecule has 1 saturated carbocycles. The molecular weight excluding hydrogens is 274 g/mol. The predicted molar refractivity (Wildman–Crippen MR) is 77.4 cm³/mol. The number of piperazine rings is 1. The summed E-state index contributed by atoms with van der Waals surface area (Å²) in [5.74, 6) is 0.264. The first-order valence-corrected chi connectivity index (χ1v) is 7.52. The molecule has 7 heteroatoms. The van der Waals surface area contributed by atoms with Crippen LogP contribution in [0.25, 0.3) is 0 Å². The average Bonchev–Trinajstić information content (AvgIpc) is 2.49. The molecule has 7 nitrogen and oxygen atoms in total. The zero-order chi connectivity index (χ0) is 15.7. The van der Waals surface area contributed by atoms with Gasteiger partial charge in [-0.05, 0) is 38.1 Å². The number of nitrogens with one attached hydrogen (secondary N) is 2. The van der Waals surface area contributed by atoms with Crippen molar-refractivity contribution in [1.29, 1.82) is 0 Å². The molecule has 0 spiro atoms. The minimum atomic E-state index is -0.388. The molecule has 2 atom stereocenters. The Labute approximate surface area is 124 Å². The molecule has 0 radical (unpaired) electrons. The van der Waals surface area contributed by atoms with Gasteiger partial charge in [-0.3, -0.25) is 14.4 Å². The third-order valence-corrected chi connectivity index (χ3v) is 4.03. The highest BCUT2D eigenvalue weighted by Gasteiger charge is 2.37. The van der Waals surface area contributed by atoms with Crippen molar-refractivity contribution in [3.8, 4) is 0 Å². The van der Waals surface area contributed by atoms with E-state index in [0.29, 0.717) is 18.9 Å². The van der Waals surface area contributed by atoms with E-state index in [-0.39, 0.29) is 30.4 Å². The molecule has 1 saturated heterocycles. The maximum absolute atomic E-state index is 12.1. The summed E-state index contributed by atoms with van der Waals surface area (Å²) < 4.78 is 0. The lowest BCUT2D eigenvalue weighted by molar-refractivity contribution is -0.138.